The average Bonchev–Trinajstić information content (AvgIpc) is 2.94. The molecule has 1 aromatic rings. The predicted octanol–water partition coefficient (Wildman–Crippen LogP) is 2.58. The Morgan fingerprint density at radius 2 is 2.42 bits per heavy atom. The highest BCUT2D eigenvalue weighted by Gasteiger charge is 2.27. The van der Waals surface area contributed by atoms with Gasteiger partial charge in [0.05, 0.1) is 13.0 Å². The molecule has 0 bridgehead atoms. The van der Waals surface area contributed by atoms with Crippen LogP contribution in [0.2, 0.25) is 0 Å². The van der Waals surface area contributed by atoms with E-state index >= 15 is 0 Å². The van der Waals surface area contributed by atoms with Gasteiger partial charge < -0.3 is 10.2 Å². The van der Waals surface area contributed by atoms with Crippen LogP contribution < -0.4 is 5.32 Å². The van der Waals surface area contributed by atoms with E-state index in [9.17, 15) is 4.79 Å². The maximum Gasteiger partial charge on any atom is 0.230 e. The van der Waals surface area contributed by atoms with Crippen molar-refractivity contribution in [3.63, 3.8) is 0 Å². The Bertz CT molecular complexity index is 580. The highest BCUT2D eigenvalue weighted by Crippen LogP contribution is 2.30. The molecule has 0 spiro atoms. The topological polar surface area (TPSA) is 44.7 Å². The van der Waals surface area contributed by atoms with Crippen LogP contribution in [0.15, 0.2) is 40.4 Å². The number of anilines is 1. The maximum atomic E-state index is 12.0. The van der Waals surface area contributed by atoms with Gasteiger partial charge in [0.2, 0.25) is 5.91 Å². The lowest BCUT2D eigenvalue weighted by molar-refractivity contribution is -0.115. The summed E-state index contributed by atoms with van der Waals surface area (Å²) < 4.78 is 0. The Hall–Kier alpha value is -1.75. The van der Waals surface area contributed by atoms with Crippen LogP contribution in [0.3, 0.4) is 0 Å². The van der Waals surface area contributed by atoms with Gasteiger partial charge in [-0.1, -0.05) is 23.9 Å². The molecule has 2 heterocycles. The molecule has 0 aliphatic carbocycles. The van der Waals surface area contributed by atoms with Gasteiger partial charge in [-0.3, -0.25) is 9.79 Å². The van der Waals surface area contributed by atoms with Gasteiger partial charge in [0, 0.05) is 17.9 Å². The summed E-state index contributed by atoms with van der Waals surface area (Å²) in [5, 5.41) is 5.98. The van der Waals surface area contributed by atoms with E-state index in [1.165, 1.54) is 0 Å². The molecule has 1 N–H and O–H groups in total. The highest BCUT2D eigenvalue weighted by atomic mass is 32.2. The van der Waals surface area contributed by atoms with Crippen molar-refractivity contribution in [2.45, 2.75) is 13.3 Å². The summed E-state index contributed by atoms with van der Waals surface area (Å²) in [6, 6.07) is 7.84. The number of hydrogen-bond donors (Lipinski definition) is 1. The molecular weight excluding hydrogens is 258 g/mol. The lowest BCUT2D eigenvalue weighted by atomic mass is 10.2. The number of aliphatic imine (C=N–C) groups is 1. The Labute approximate surface area is 116 Å². The van der Waals surface area contributed by atoms with Gasteiger partial charge in [-0.25, -0.2) is 0 Å². The molecule has 0 radical (unpaired) electrons. The van der Waals surface area contributed by atoms with Crippen LogP contribution >= 0.6 is 11.8 Å². The summed E-state index contributed by atoms with van der Waals surface area (Å²) in [6.45, 7) is 3.74. The lowest BCUT2D eigenvalue weighted by Gasteiger charge is -2.16. The van der Waals surface area contributed by atoms with Crippen LogP contribution in [0.25, 0.3) is 0 Å². The molecule has 5 heteroatoms. The number of aryl methyl sites for hydroxylation is 1. The first-order valence-electron chi connectivity index (χ1n) is 6.26. The van der Waals surface area contributed by atoms with Crippen LogP contribution in [0.1, 0.15) is 12.0 Å². The molecule has 0 unspecified atom stereocenters. The second-order valence-electron chi connectivity index (χ2n) is 4.64. The molecule has 0 saturated heterocycles. The number of hydrogen-bond acceptors (Lipinski definition) is 4. The highest BCUT2D eigenvalue weighted by molar-refractivity contribution is 8.16. The van der Waals surface area contributed by atoms with Crippen molar-refractivity contribution in [3.05, 3.63) is 40.9 Å². The summed E-state index contributed by atoms with van der Waals surface area (Å²) in [4.78, 5) is 18.5. The zero-order valence-corrected chi connectivity index (χ0v) is 11.5. The van der Waals surface area contributed by atoms with E-state index in [1.807, 2.05) is 36.6 Å². The van der Waals surface area contributed by atoms with E-state index in [-0.39, 0.29) is 5.91 Å². The largest absolute Gasteiger partial charge is 0.326 e. The minimum absolute atomic E-state index is 0.0191. The van der Waals surface area contributed by atoms with E-state index in [1.54, 1.807) is 11.8 Å². The standard InChI is InChI=1S/C14H15N3OS/c1-10-3-2-4-11(7-10)16-13(18)8-12-9-19-14-15-5-6-17(12)14/h2-4,7,9H,5-6,8H2,1H3,(H,16,18). The molecule has 98 valence electrons. The molecule has 0 aromatic heterocycles. The van der Waals surface area contributed by atoms with Crippen molar-refractivity contribution in [1.29, 1.82) is 0 Å². The molecule has 2 aliphatic heterocycles. The first-order chi connectivity index (χ1) is 9.22. The number of carbonyl (C=O) groups is 1. The molecule has 2 aliphatic rings. The molecule has 1 aromatic carbocycles. The van der Waals surface area contributed by atoms with Crippen molar-refractivity contribution >= 4 is 28.5 Å². The second kappa shape index (κ2) is 5.09. The smallest absolute Gasteiger partial charge is 0.230 e. The third-order valence-electron chi connectivity index (χ3n) is 3.09. The number of fused-ring (bicyclic) bond motifs is 1. The monoisotopic (exact) mass is 273 g/mol. The Morgan fingerprint density at radius 3 is 3.26 bits per heavy atom. The van der Waals surface area contributed by atoms with Crippen LogP contribution in [0, 0.1) is 6.92 Å². The van der Waals surface area contributed by atoms with Crippen molar-refractivity contribution < 1.29 is 4.79 Å². The molecule has 0 atom stereocenters. The number of benzene rings is 1. The van der Waals surface area contributed by atoms with Gasteiger partial charge >= 0.3 is 0 Å². The fraction of sp³-hybridized carbons (Fsp3) is 0.286. The zero-order chi connectivity index (χ0) is 13.2. The maximum absolute atomic E-state index is 12.0. The quantitative estimate of drug-likeness (QED) is 0.920. The first kappa shape index (κ1) is 12.3. The third kappa shape index (κ3) is 2.66. The number of amides is 1. The zero-order valence-electron chi connectivity index (χ0n) is 10.7. The van der Waals surface area contributed by atoms with E-state index in [0.29, 0.717) is 6.42 Å². The summed E-state index contributed by atoms with van der Waals surface area (Å²) >= 11 is 1.61. The number of thioether (sulfide) groups is 1. The van der Waals surface area contributed by atoms with E-state index in [2.05, 4.69) is 15.2 Å². The van der Waals surface area contributed by atoms with Crippen molar-refractivity contribution in [1.82, 2.24) is 4.90 Å². The van der Waals surface area contributed by atoms with Gasteiger partial charge in [-0.15, -0.1) is 0 Å². The fourth-order valence-electron chi connectivity index (χ4n) is 2.21. The van der Waals surface area contributed by atoms with Gasteiger partial charge in [-0.2, -0.15) is 0 Å². The van der Waals surface area contributed by atoms with E-state index < -0.39 is 0 Å². The minimum Gasteiger partial charge on any atom is -0.326 e. The number of amidine groups is 1. The molecule has 0 saturated carbocycles. The van der Waals surface area contributed by atoms with Crippen LogP contribution in [0.4, 0.5) is 5.69 Å². The molecule has 4 nitrogen and oxygen atoms in total. The molecular formula is C14H15N3OS. The summed E-state index contributed by atoms with van der Waals surface area (Å²) in [5.41, 5.74) is 3.04. The van der Waals surface area contributed by atoms with E-state index in [0.717, 1.165) is 35.2 Å². The summed E-state index contributed by atoms with van der Waals surface area (Å²) in [6.07, 6.45) is 0.403. The summed E-state index contributed by atoms with van der Waals surface area (Å²) in [5.74, 6) is 0.0191. The average molecular weight is 273 g/mol. The SMILES string of the molecule is Cc1cccc(NC(=O)CC2=CSC3=NCCN23)c1. The van der Waals surface area contributed by atoms with Crippen LogP contribution in [-0.2, 0) is 4.79 Å². The molecule has 19 heavy (non-hydrogen) atoms. The number of rotatable bonds is 3. The molecule has 0 fully saturated rings. The predicted molar refractivity (Wildman–Crippen MR) is 79.1 cm³/mol. The molecule has 3 rings (SSSR count). The Morgan fingerprint density at radius 1 is 1.53 bits per heavy atom. The van der Waals surface area contributed by atoms with Crippen molar-refractivity contribution in [2.75, 3.05) is 18.4 Å². The molecule has 1 amide bonds. The number of carbonyl (C=O) groups excluding carboxylic acids is 1. The number of nitrogens with zero attached hydrogens (tertiary/aromatic N) is 2. The summed E-state index contributed by atoms with van der Waals surface area (Å²) in [7, 11) is 0. The second-order valence-corrected chi connectivity index (χ2v) is 5.47. The Balaban J connectivity index is 1.62. The van der Waals surface area contributed by atoms with Crippen molar-refractivity contribution in [2.24, 2.45) is 4.99 Å². The van der Waals surface area contributed by atoms with Gasteiger partial charge in [0.1, 0.15) is 0 Å². The Kier molecular flexibility index (Phi) is 3.29. The van der Waals surface area contributed by atoms with Crippen molar-refractivity contribution in [3.8, 4) is 0 Å². The minimum atomic E-state index is 0.0191. The number of nitrogens with one attached hydrogen (secondary N) is 1. The van der Waals surface area contributed by atoms with E-state index in [4.69, 9.17) is 0 Å². The normalized spacial score (nSPS) is 17.0. The van der Waals surface area contributed by atoms with Gasteiger partial charge in [0.25, 0.3) is 0 Å². The van der Waals surface area contributed by atoms with Crippen LogP contribution in [-0.4, -0.2) is 29.1 Å². The first-order valence-corrected chi connectivity index (χ1v) is 7.14. The lowest BCUT2D eigenvalue weighted by Crippen LogP contribution is -2.24. The van der Waals surface area contributed by atoms with Gasteiger partial charge in [0.15, 0.2) is 5.17 Å². The fourth-order valence-corrected chi connectivity index (χ4v) is 3.16. The van der Waals surface area contributed by atoms with Crippen LogP contribution in [0.5, 0.6) is 0 Å². The third-order valence-corrected chi connectivity index (χ3v) is 4.04. The van der Waals surface area contributed by atoms with Gasteiger partial charge in [-0.05, 0) is 30.0 Å².